The first-order valence-electron chi connectivity index (χ1n) is 5.93. The zero-order valence-electron chi connectivity index (χ0n) is 10.4. The second kappa shape index (κ2) is 5.84. The number of rotatable bonds is 2. The first-order chi connectivity index (χ1) is 9.35. The molecule has 1 aromatic rings. The van der Waals surface area contributed by atoms with Gasteiger partial charge in [-0.15, -0.1) is 0 Å². The molecule has 2 rings (SSSR count). The van der Waals surface area contributed by atoms with Crippen LogP contribution in [-0.2, 0) is 9.84 Å². The highest BCUT2D eigenvalue weighted by Gasteiger charge is 2.28. The van der Waals surface area contributed by atoms with Gasteiger partial charge in [-0.1, -0.05) is 0 Å². The van der Waals surface area contributed by atoms with Gasteiger partial charge in [0.25, 0.3) is 5.91 Å². The molecule has 0 saturated carbocycles. The lowest BCUT2D eigenvalue weighted by Gasteiger charge is -2.14. The molecule has 0 bridgehead atoms. The molecule has 8 heteroatoms. The molecule has 20 heavy (non-hydrogen) atoms. The maximum Gasteiger partial charge on any atom is 0.257 e. The summed E-state index contributed by atoms with van der Waals surface area (Å²) in [6.45, 7) is 0. The van der Waals surface area contributed by atoms with Gasteiger partial charge in [0, 0.05) is 11.6 Å². The molecule has 5 nitrogen and oxygen atoms in total. The summed E-state index contributed by atoms with van der Waals surface area (Å²) in [5.74, 6) is -0.763. The Labute approximate surface area is 121 Å². The Kier molecular flexibility index (Phi) is 4.34. The van der Waals surface area contributed by atoms with E-state index in [1.807, 2.05) is 0 Å². The van der Waals surface area contributed by atoms with Crippen LogP contribution in [0.2, 0.25) is 0 Å². The molecule has 1 atom stereocenters. The van der Waals surface area contributed by atoms with Crippen LogP contribution in [0.4, 0.5) is 4.39 Å². The number of carbonyl (C=O) groups excluding carboxylic acids is 1. The number of carbonyl (C=O) groups is 1. The van der Waals surface area contributed by atoms with Crippen LogP contribution in [0.3, 0.4) is 0 Å². The number of hydrogen-bond donors (Lipinski definition) is 2. The lowest BCUT2D eigenvalue weighted by molar-refractivity contribution is 0.0976. The quantitative estimate of drug-likeness (QED) is 0.782. The molecule has 1 heterocycles. The average Bonchev–Trinajstić information content (AvgIpc) is 2.69. The minimum atomic E-state index is -3.00. The molecule has 0 aromatic heterocycles. The number of sulfone groups is 1. The van der Waals surface area contributed by atoms with Crippen molar-refractivity contribution >= 4 is 33.1 Å². The second-order valence-corrected chi connectivity index (χ2v) is 7.17. The van der Waals surface area contributed by atoms with Crippen molar-refractivity contribution < 1.29 is 17.6 Å². The second-order valence-electron chi connectivity index (χ2n) is 4.53. The van der Waals surface area contributed by atoms with Crippen molar-refractivity contribution in [3.63, 3.8) is 0 Å². The lowest BCUT2D eigenvalue weighted by Crippen LogP contribution is -2.44. The summed E-state index contributed by atoms with van der Waals surface area (Å²) >= 11 is 4.96. The minimum absolute atomic E-state index is 0.0135. The number of amides is 1. The van der Waals surface area contributed by atoms with Crippen molar-refractivity contribution in [2.75, 3.05) is 11.5 Å². The maximum absolute atomic E-state index is 12.7. The Bertz CT molecular complexity index is 629. The molecule has 1 saturated heterocycles. The zero-order valence-corrected chi connectivity index (χ0v) is 12.1. The van der Waals surface area contributed by atoms with Crippen LogP contribution in [0.1, 0.15) is 16.8 Å². The number of hydrogen-bond acceptors (Lipinski definition) is 4. The standard InChI is InChI=1S/C12H13FN2O3S2/c13-9-3-1-8(2-4-9)11(16)15-12(19)14-10-5-6-20(17,18)7-10/h1-4,10H,5-7H2,(H2,14,15,16,19). The Morgan fingerprint density at radius 2 is 1.95 bits per heavy atom. The number of thiocarbonyl (C=S) groups is 1. The normalized spacial score (nSPS) is 20.4. The van der Waals surface area contributed by atoms with Crippen LogP contribution in [0.5, 0.6) is 0 Å². The lowest BCUT2D eigenvalue weighted by atomic mass is 10.2. The molecule has 0 radical (unpaired) electrons. The van der Waals surface area contributed by atoms with Crippen LogP contribution in [0.15, 0.2) is 24.3 Å². The Balaban J connectivity index is 1.88. The summed E-state index contributed by atoms with van der Waals surface area (Å²) in [6, 6.07) is 4.76. The summed E-state index contributed by atoms with van der Waals surface area (Å²) in [5.41, 5.74) is 0.273. The van der Waals surface area contributed by atoms with Crippen LogP contribution in [-0.4, -0.2) is 37.0 Å². The van der Waals surface area contributed by atoms with Gasteiger partial charge in [0.15, 0.2) is 14.9 Å². The summed E-state index contributed by atoms with van der Waals surface area (Å²) in [5, 5.41) is 5.30. The van der Waals surface area contributed by atoms with E-state index in [1.54, 1.807) is 0 Å². The molecule has 1 aliphatic rings. The van der Waals surface area contributed by atoms with Gasteiger partial charge in [0.2, 0.25) is 0 Å². The fraction of sp³-hybridized carbons (Fsp3) is 0.333. The van der Waals surface area contributed by atoms with E-state index in [9.17, 15) is 17.6 Å². The highest BCUT2D eigenvalue weighted by Crippen LogP contribution is 2.11. The van der Waals surface area contributed by atoms with Gasteiger partial charge in [-0.3, -0.25) is 10.1 Å². The Hall–Kier alpha value is -1.54. The highest BCUT2D eigenvalue weighted by molar-refractivity contribution is 7.91. The fourth-order valence-corrected chi connectivity index (χ4v) is 3.84. The molecule has 1 unspecified atom stereocenters. The van der Waals surface area contributed by atoms with Gasteiger partial charge in [0.1, 0.15) is 5.82 Å². The third kappa shape index (κ3) is 3.97. The first-order valence-corrected chi connectivity index (χ1v) is 8.16. The van der Waals surface area contributed by atoms with Gasteiger partial charge in [-0.25, -0.2) is 12.8 Å². The maximum atomic E-state index is 12.7. The van der Waals surface area contributed by atoms with E-state index in [0.29, 0.717) is 6.42 Å². The van der Waals surface area contributed by atoms with Gasteiger partial charge in [-0.2, -0.15) is 0 Å². The van der Waals surface area contributed by atoms with Crippen LogP contribution in [0, 0.1) is 5.82 Å². The number of halogens is 1. The molecular formula is C12H13FN2O3S2. The third-order valence-corrected chi connectivity index (χ3v) is 4.89. The van der Waals surface area contributed by atoms with E-state index in [-0.39, 0.29) is 28.2 Å². The molecule has 1 aliphatic heterocycles. The van der Waals surface area contributed by atoms with E-state index in [4.69, 9.17) is 12.2 Å². The monoisotopic (exact) mass is 316 g/mol. The highest BCUT2D eigenvalue weighted by atomic mass is 32.2. The van der Waals surface area contributed by atoms with Crippen molar-refractivity contribution in [2.45, 2.75) is 12.5 Å². The van der Waals surface area contributed by atoms with Crippen LogP contribution < -0.4 is 10.6 Å². The predicted octanol–water partition coefficient (Wildman–Crippen LogP) is 0.617. The van der Waals surface area contributed by atoms with E-state index < -0.39 is 21.6 Å². The zero-order chi connectivity index (χ0) is 14.8. The van der Waals surface area contributed by atoms with Crippen molar-refractivity contribution in [3.05, 3.63) is 35.6 Å². The van der Waals surface area contributed by atoms with Gasteiger partial charge >= 0.3 is 0 Å². The molecule has 0 aliphatic carbocycles. The number of benzene rings is 1. The van der Waals surface area contributed by atoms with Crippen molar-refractivity contribution in [3.8, 4) is 0 Å². The van der Waals surface area contributed by atoms with Crippen molar-refractivity contribution in [1.82, 2.24) is 10.6 Å². The molecule has 1 aromatic carbocycles. The predicted molar refractivity (Wildman–Crippen MR) is 76.7 cm³/mol. The molecular weight excluding hydrogens is 303 g/mol. The summed E-state index contributed by atoms with van der Waals surface area (Å²) in [7, 11) is -3.00. The topological polar surface area (TPSA) is 75.3 Å². The third-order valence-electron chi connectivity index (χ3n) is 2.90. The van der Waals surface area contributed by atoms with Gasteiger partial charge < -0.3 is 5.32 Å². The van der Waals surface area contributed by atoms with Crippen LogP contribution >= 0.6 is 12.2 Å². The average molecular weight is 316 g/mol. The van der Waals surface area contributed by atoms with Gasteiger partial charge in [-0.05, 0) is 42.9 Å². The molecule has 1 fully saturated rings. The van der Waals surface area contributed by atoms with E-state index in [2.05, 4.69) is 10.6 Å². The van der Waals surface area contributed by atoms with Crippen molar-refractivity contribution in [2.24, 2.45) is 0 Å². The fourth-order valence-electron chi connectivity index (χ4n) is 1.91. The van der Waals surface area contributed by atoms with E-state index in [1.165, 1.54) is 24.3 Å². The van der Waals surface area contributed by atoms with E-state index in [0.717, 1.165) is 0 Å². The SMILES string of the molecule is O=C(NC(=S)NC1CCS(=O)(=O)C1)c1ccc(F)cc1. The summed E-state index contributed by atoms with van der Waals surface area (Å²) in [6.07, 6.45) is 0.467. The first kappa shape index (κ1) is 14.9. The summed E-state index contributed by atoms with van der Waals surface area (Å²) in [4.78, 5) is 11.8. The smallest absolute Gasteiger partial charge is 0.257 e. The van der Waals surface area contributed by atoms with Gasteiger partial charge in [0.05, 0.1) is 11.5 Å². The molecule has 1 amide bonds. The molecule has 0 spiro atoms. The Morgan fingerprint density at radius 3 is 2.50 bits per heavy atom. The number of nitrogens with one attached hydrogen (secondary N) is 2. The van der Waals surface area contributed by atoms with E-state index >= 15 is 0 Å². The minimum Gasteiger partial charge on any atom is -0.359 e. The molecule has 2 N–H and O–H groups in total. The van der Waals surface area contributed by atoms with Crippen LogP contribution in [0.25, 0.3) is 0 Å². The molecule has 108 valence electrons. The summed E-state index contributed by atoms with van der Waals surface area (Å²) < 4.78 is 35.3. The van der Waals surface area contributed by atoms with Crippen molar-refractivity contribution in [1.29, 1.82) is 0 Å². The largest absolute Gasteiger partial charge is 0.359 e. The Morgan fingerprint density at radius 1 is 1.30 bits per heavy atom.